The number of benzene rings is 1. The number of nitrogen functional groups attached to an aromatic ring is 1. The van der Waals surface area contributed by atoms with E-state index in [0.717, 1.165) is 15.8 Å². The summed E-state index contributed by atoms with van der Waals surface area (Å²) in [5.74, 6) is 0.0941. The summed E-state index contributed by atoms with van der Waals surface area (Å²) >= 11 is 2.21. The minimum atomic E-state index is -0.344. The highest BCUT2D eigenvalue weighted by atomic mass is 127. The molecule has 5 heteroatoms. The van der Waals surface area contributed by atoms with Crippen LogP contribution in [0.1, 0.15) is 13.8 Å². The van der Waals surface area contributed by atoms with E-state index in [4.69, 9.17) is 11.5 Å². The van der Waals surface area contributed by atoms with Crippen LogP contribution in [-0.4, -0.2) is 19.0 Å². The average Bonchev–Trinajstić information content (AvgIpc) is 2.14. The molecule has 0 atom stereocenters. The Bertz CT molecular complexity index is 407. The van der Waals surface area contributed by atoms with Crippen molar-refractivity contribution in [3.8, 4) is 0 Å². The van der Waals surface area contributed by atoms with Gasteiger partial charge in [-0.1, -0.05) is 13.8 Å². The van der Waals surface area contributed by atoms with Crippen LogP contribution in [0.3, 0.4) is 0 Å². The van der Waals surface area contributed by atoms with Crippen LogP contribution in [0.25, 0.3) is 0 Å². The molecule has 1 rings (SSSR count). The van der Waals surface area contributed by atoms with Crippen molar-refractivity contribution < 1.29 is 4.79 Å². The topological polar surface area (TPSA) is 72.3 Å². The van der Waals surface area contributed by atoms with E-state index in [9.17, 15) is 4.79 Å². The van der Waals surface area contributed by atoms with E-state index in [1.807, 2.05) is 23.1 Å². The number of amides is 1. The van der Waals surface area contributed by atoms with E-state index in [2.05, 4.69) is 36.4 Å². The Morgan fingerprint density at radius 3 is 2.59 bits per heavy atom. The zero-order valence-electron chi connectivity index (χ0n) is 10.1. The highest BCUT2D eigenvalue weighted by molar-refractivity contribution is 14.1. The molecule has 1 aromatic carbocycles. The predicted molar refractivity (Wildman–Crippen MR) is 79.8 cm³/mol. The van der Waals surface area contributed by atoms with Gasteiger partial charge < -0.3 is 16.4 Å². The molecule has 0 saturated heterocycles. The smallest absolute Gasteiger partial charge is 0.236 e. The van der Waals surface area contributed by atoms with Crippen LogP contribution in [0.4, 0.5) is 11.4 Å². The summed E-state index contributed by atoms with van der Waals surface area (Å²) in [4.78, 5) is 13.0. The molecule has 0 aliphatic rings. The summed E-state index contributed by atoms with van der Waals surface area (Å²) < 4.78 is 1.08. The first-order valence-corrected chi connectivity index (χ1v) is 6.56. The van der Waals surface area contributed by atoms with Gasteiger partial charge in [-0.3, -0.25) is 4.79 Å². The molecule has 17 heavy (non-hydrogen) atoms. The largest absolute Gasteiger partial charge is 0.397 e. The maximum atomic E-state index is 11.1. The second-order valence-corrected chi connectivity index (χ2v) is 5.69. The number of nitrogens with two attached hydrogens (primary N) is 2. The number of hydrogen-bond donors (Lipinski definition) is 2. The van der Waals surface area contributed by atoms with Crippen LogP contribution >= 0.6 is 22.6 Å². The lowest BCUT2D eigenvalue weighted by Crippen LogP contribution is -2.36. The number of carbonyl (C=O) groups excluding carboxylic acids is 1. The predicted octanol–water partition coefficient (Wildman–Crippen LogP) is 1.82. The van der Waals surface area contributed by atoms with Crippen molar-refractivity contribution >= 4 is 39.9 Å². The number of rotatable bonds is 5. The van der Waals surface area contributed by atoms with E-state index < -0.39 is 0 Å². The standard InChI is InChI=1S/C12H18IN3O/c1-8(2)6-16(7-12(15)17)11-4-3-9(13)5-10(11)14/h3-5,8H,6-7,14H2,1-2H3,(H2,15,17). The zero-order chi connectivity index (χ0) is 13.0. The summed E-state index contributed by atoms with van der Waals surface area (Å²) in [7, 11) is 0. The number of carbonyl (C=O) groups is 1. The molecule has 0 spiro atoms. The minimum absolute atomic E-state index is 0.197. The first-order chi connectivity index (χ1) is 7.90. The molecule has 0 radical (unpaired) electrons. The van der Waals surface area contributed by atoms with E-state index in [-0.39, 0.29) is 12.5 Å². The van der Waals surface area contributed by atoms with Crippen molar-refractivity contribution in [3.05, 3.63) is 21.8 Å². The fourth-order valence-electron chi connectivity index (χ4n) is 1.69. The highest BCUT2D eigenvalue weighted by Gasteiger charge is 2.13. The Hall–Kier alpha value is -0.980. The summed E-state index contributed by atoms with van der Waals surface area (Å²) in [6.45, 7) is 5.14. The molecule has 0 saturated carbocycles. The van der Waals surface area contributed by atoms with Gasteiger partial charge in [0.2, 0.25) is 5.91 Å². The zero-order valence-corrected chi connectivity index (χ0v) is 12.3. The molecule has 0 bridgehead atoms. The Kier molecular flexibility index (Phi) is 5.04. The van der Waals surface area contributed by atoms with Gasteiger partial charge in [0, 0.05) is 10.1 Å². The van der Waals surface area contributed by atoms with Gasteiger partial charge in [0.25, 0.3) is 0 Å². The van der Waals surface area contributed by atoms with Crippen LogP contribution in [0.5, 0.6) is 0 Å². The Morgan fingerprint density at radius 1 is 1.47 bits per heavy atom. The van der Waals surface area contributed by atoms with Crippen molar-refractivity contribution in [2.24, 2.45) is 11.7 Å². The molecule has 4 nitrogen and oxygen atoms in total. The molecule has 0 heterocycles. The van der Waals surface area contributed by atoms with Crippen molar-refractivity contribution in [1.29, 1.82) is 0 Å². The van der Waals surface area contributed by atoms with E-state index in [1.165, 1.54) is 0 Å². The highest BCUT2D eigenvalue weighted by Crippen LogP contribution is 2.25. The number of primary amides is 1. The third-order valence-corrected chi connectivity index (χ3v) is 2.93. The van der Waals surface area contributed by atoms with Crippen molar-refractivity contribution in [3.63, 3.8) is 0 Å². The molecule has 0 fully saturated rings. The summed E-state index contributed by atoms with van der Waals surface area (Å²) in [5, 5.41) is 0. The summed E-state index contributed by atoms with van der Waals surface area (Å²) in [6, 6.07) is 5.80. The Morgan fingerprint density at radius 2 is 2.12 bits per heavy atom. The Balaban J connectivity index is 2.98. The normalized spacial score (nSPS) is 10.6. The fraction of sp³-hybridized carbons (Fsp3) is 0.417. The Labute approximate surface area is 115 Å². The number of halogens is 1. The van der Waals surface area contributed by atoms with Gasteiger partial charge in [-0.05, 0) is 46.7 Å². The maximum absolute atomic E-state index is 11.1. The monoisotopic (exact) mass is 347 g/mol. The van der Waals surface area contributed by atoms with Gasteiger partial charge in [0.15, 0.2) is 0 Å². The van der Waals surface area contributed by atoms with E-state index in [0.29, 0.717) is 11.6 Å². The molecule has 0 aromatic heterocycles. The molecule has 0 aliphatic heterocycles. The molecule has 4 N–H and O–H groups in total. The van der Waals surface area contributed by atoms with Gasteiger partial charge in [-0.15, -0.1) is 0 Å². The molecule has 0 unspecified atom stereocenters. The van der Waals surface area contributed by atoms with Crippen molar-refractivity contribution in [2.45, 2.75) is 13.8 Å². The van der Waals surface area contributed by atoms with Crippen molar-refractivity contribution in [2.75, 3.05) is 23.7 Å². The molecule has 94 valence electrons. The third kappa shape index (κ3) is 4.41. The summed E-state index contributed by atoms with van der Waals surface area (Å²) in [5.41, 5.74) is 12.8. The van der Waals surface area contributed by atoms with Gasteiger partial charge in [-0.25, -0.2) is 0 Å². The fourth-order valence-corrected chi connectivity index (χ4v) is 2.21. The van der Waals surface area contributed by atoms with Crippen LogP contribution in [0.2, 0.25) is 0 Å². The number of nitrogens with zero attached hydrogens (tertiary/aromatic N) is 1. The van der Waals surface area contributed by atoms with E-state index >= 15 is 0 Å². The van der Waals surface area contributed by atoms with Crippen molar-refractivity contribution in [1.82, 2.24) is 0 Å². The van der Waals surface area contributed by atoms with Crippen LogP contribution in [0.15, 0.2) is 18.2 Å². The number of hydrogen-bond acceptors (Lipinski definition) is 3. The van der Waals surface area contributed by atoms with Gasteiger partial charge >= 0.3 is 0 Å². The maximum Gasteiger partial charge on any atom is 0.236 e. The first-order valence-electron chi connectivity index (χ1n) is 5.48. The average molecular weight is 347 g/mol. The van der Waals surface area contributed by atoms with Crippen LogP contribution in [0, 0.1) is 9.49 Å². The third-order valence-electron chi connectivity index (χ3n) is 2.26. The van der Waals surface area contributed by atoms with Gasteiger partial charge in [-0.2, -0.15) is 0 Å². The molecular formula is C12H18IN3O. The van der Waals surface area contributed by atoms with Crippen LogP contribution in [-0.2, 0) is 4.79 Å². The molecule has 1 aromatic rings. The molecule has 1 amide bonds. The SMILES string of the molecule is CC(C)CN(CC(N)=O)c1ccc(I)cc1N. The lowest BCUT2D eigenvalue weighted by atomic mass is 10.1. The minimum Gasteiger partial charge on any atom is -0.397 e. The molecule has 0 aliphatic carbocycles. The quantitative estimate of drug-likeness (QED) is 0.630. The van der Waals surface area contributed by atoms with Gasteiger partial charge in [0.05, 0.1) is 17.9 Å². The number of anilines is 2. The lowest BCUT2D eigenvalue weighted by Gasteiger charge is -2.26. The molecular weight excluding hydrogens is 329 g/mol. The second-order valence-electron chi connectivity index (χ2n) is 4.44. The second kappa shape index (κ2) is 6.09. The van der Waals surface area contributed by atoms with E-state index in [1.54, 1.807) is 0 Å². The first kappa shape index (κ1) is 14.1. The van der Waals surface area contributed by atoms with Crippen LogP contribution < -0.4 is 16.4 Å². The summed E-state index contributed by atoms with van der Waals surface area (Å²) in [6.07, 6.45) is 0. The van der Waals surface area contributed by atoms with Gasteiger partial charge in [0.1, 0.15) is 0 Å². The lowest BCUT2D eigenvalue weighted by molar-refractivity contribution is -0.116.